The number of benzene rings is 1. The first kappa shape index (κ1) is 27.6. The van der Waals surface area contributed by atoms with Gasteiger partial charge in [-0.2, -0.15) is 0 Å². The Hall–Kier alpha value is -3.01. The highest BCUT2D eigenvalue weighted by Crippen LogP contribution is 2.32. The van der Waals surface area contributed by atoms with Gasteiger partial charge in [0.05, 0.1) is 0 Å². The van der Waals surface area contributed by atoms with Gasteiger partial charge in [-0.3, -0.25) is 5.41 Å². The molecule has 0 amide bonds. The molecule has 0 radical (unpaired) electrons. The fraction of sp³-hybridized carbons (Fsp3) is 0.469. The molecule has 1 aliphatic carbocycles. The van der Waals surface area contributed by atoms with Gasteiger partial charge >= 0.3 is 0 Å². The van der Waals surface area contributed by atoms with Crippen molar-refractivity contribution >= 4 is 5.84 Å². The molecule has 36 heavy (non-hydrogen) atoms. The molecule has 0 bridgehead atoms. The van der Waals surface area contributed by atoms with Crippen molar-refractivity contribution in [3.63, 3.8) is 0 Å². The number of nitrogens with one attached hydrogen (secondary N) is 2. The summed E-state index contributed by atoms with van der Waals surface area (Å²) < 4.78 is 0. The van der Waals surface area contributed by atoms with Crippen LogP contribution in [0.5, 0.6) is 0 Å². The third-order valence-electron chi connectivity index (χ3n) is 7.43. The quantitative estimate of drug-likeness (QED) is 0.191. The molecule has 1 aliphatic heterocycles. The zero-order chi connectivity index (χ0) is 25.9. The molecule has 2 N–H and O–H groups in total. The zero-order valence-electron chi connectivity index (χ0n) is 23.0. The highest BCUT2D eigenvalue weighted by molar-refractivity contribution is 5.97. The van der Waals surface area contributed by atoms with Crippen LogP contribution >= 0.6 is 0 Å². The highest BCUT2D eigenvalue weighted by Gasteiger charge is 2.22. The Balaban J connectivity index is 1.83. The van der Waals surface area contributed by atoms with E-state index in [4.69, 9.17) is 5.41 Å². The van der Waals surface area contributed by atoms with E-state index in [0.29, 0.717) is 5.84 Å². The molecule has 4 nitrogen and oxygen atoms in total. The molecule has 0 unspecified atom stereocenters. The van der Waals surface area contributed by atoms with Gasteiger partial charge in [-0.25, -0.2) is 0 Å². The van der Waals surface area contributed by atoms with Crippen LogP contribution in [0.25, 0.3) is 0 Å². The molecule has 1 saturated heterocycles. The van der Waals surface area contributed by atoms with Gasteiger partial charge in [-0.1, -0.05) is 63.6 Å². The van der Waals surface area contributed by atoms with Crippen LogP contribution in [0.3, 0.4) is 0 Å². The number of hydrogen-bond acceptors (Lipinski definition) is 3. The van der Waals surface area contributed by atoms with E-state index in [9.17, 15) is 0 Å². The predicted molar refractivity (Wildman–Crippen MR) is 155 cm³/mol. The summed E-state index contributed by atoms with van der Waals surface area (Å²) in [7, 11) is 2.00. The van der Waals surface area contributed by atoms with Crippen molar-refractivity contribution in [2.24, 2.45) is 0 Å². The van der Waals surface area contributed by atoms with Gasteiger partial charge in [0.15, 0.2) is 0 Å². The van der Waals surface area contributed by atoms with Crippen molar-refractivity contribution in [3.8, 4) is 0 Å². The SMILES string of the molecule is C=CNC1=C(/C(=C(\C)CC)N2CCCCC2)CC=C(N(C)C(=N)c2ccc(CCCCC)cc2)C=C1. The van der Waals surface area contributed by atoms with E-state index in [-0.39, 0.29) is 0 Å². The average Bonchev–Trinajstić information content (AvgIpc) is 3.12. The van der Waals surface area contributed by atoms with Crippen molar-refractivity contribution in [2.45, 2.75) is 78.6 Å². The van der Waals surface area contributed by atoms with E-state index in [1.807, 2.05) is 11.9 Å². The Morgan fingerprint density at radius 3 is 2.44 bits per heavy atom. The van der Waals surface area contributed by atoms with Crippen LogP contribution in [0, 0.1) is 5.41 Å². The van der Waals surface area contributed by atoms with Crippen LogP contribution in [-0.2, 0) is 6.42 Å². The number of unbranched alkanes of at least 4 members (excludes halogenated alkanes) is 2. The number of hydrogen-bond donors (Lipinski definition) is 2. The first-order valence-corrected chi connectivity index (χ1v) is 13.9. The van der Waals surface area contributed by atoms with Crippen molar-refractivity contribution in [3.05, 3.63) is 94.6 Å². The largest absolute Gasteiger partial charge is 0.371 e. The summed E-state index contributed by atoms with van der Waals surface area (Å²) in [6.07, 6.45) is 18.9. The minimum absolute atomic E-state index is 0.518. The van der Waals surface area contributed by atoms with Gasteiger partial charge in [-0.05, 0) is 81.4 Å². The Morgan fingerprint density at radius 1 is 1.08 bits per heavy atom. The maximum absolute atomic E-state index is 8.89. The molecule has 0 saturated carbocycles. The summed E-state index contributed by atoms with van der Waals surface area (Å²) in [5, 5.41) is 12.3. The summed E-state index contributed by atoms with van der Waals surface area (Å²) in [6.45, 7) is 12.9. The number of likely N-dealkylation sites (N-methyl/N-ethyl adjacent to an activating group) is 1. The van der Waals surface area contributed by atoms with Crippen molar-refractivity contribution < 1.29 is 0 Å². The maximum atomic E-state index is 8.89. The van der Waals surface area contributed by atoms with Gasteiger partial charge < -0.3 is 15.1 Å². The molecule has 0 spiro atoms. The summed E-state index contributed by atoms with van der Waals surface area (Å²) in [4.78, 5) is 4.58. The van der Waals surface area contributed by atoms with E-state index < -0.39 is 0 Å². The number of likely N-dealkylation sites (tertiary alicyclic amines) is 1. The van der Waals surface area contributed by atoms with E-state index in [1.54, 1.807) is 6.20 Å². The Morgan fingerprint density at radius 2 is 1.81 bits per heavy atom. The molecule has 0 aromatic heterocycles. The van der Waals surface area contributed by atoms with Crippen LogP contribution in [0.4, 0.5) is 0 Å². The van der Waals surface area contributed by atoms with Gasteiger partial charge in [0.2, 0.25) is 0 Å². The minimum Gasteiger partial charge on any atom is -0.371 e. The normalized spacial score (nSPS) is 16.8. The van der Waals surface area contributed by atoms with Crippen LogP contribution in [-0.4, -0.2) is 35.8 Å². The lowest BCUT2D eigenvalue weighted by Crippen LogP contribution is -2.31. The standard InChI is InChI=1S/C32H46N4/c1-6-9-11-14-26-15-17-27(18-16-26)32(33)35(5)28-19-21-29(30(22-20-28)34-8-3)31(25(4)7-2)36-23-12-10-13-24-36/h8,15-20,22,33-34H,3,6-7,9-14,21,23-24H2,1-2,4-5H3/b31-25-,33-32?. The number of rotatable bonds is 11. The molecule has 194 valence electrons. The second kappa shape index (κ2) is 13.9. The Labute approximate surface area is 219 Å². The number of piperidine rings is 1. The Kier molecular flexibility index (Phi) is 10.7. The summed E-state index contributed by atoms with van der Waals surface area (Å²) in [6, 6.07) is 8.55. The van der Waals surface area contributed by atoms with Gasteiger partial charge in [0, 0.05) is 48.4 Å². The van der Waals surface area contributed by atoms with Gasteiger partial charge in [0.25, 0.3) is 0 Å². The first-order chi connectivity index (χ1) is 17.5. The second-order valence-electron chi connectivity index (χ2n) is 10.00. The van der Waals surface area contributed by atoms with E-state index >= 15 is 0 Å². The number of nitrogens with zero attached hydrogens (tertiary/aromatic N) is 2. The fourth-order valence-corrected chi connectivity index (χ4v) is 5.11. The monoisotopic (exact) mass is 486 g/mol. The van der Waals surface area contributed by atoms with E-state index in [0.717, 1.165) is 49.3 Å². The van der Waals surface area contributed by atoms with Gasteiger partial charge in [-0.15, -0.1) is 0 Å². The third kappa shape index (κ3) is 7.02. The molecule has 1 fully saturated rings. The van der Waals surface area contributed by atoms with E-state index in [2.05, 4.69) is 80.1 Å². The molecule has 0 atom stereocenters. The van der Waals surface area contributed by atoms with Crippen LogP contribution < -0.4 is 5.32 Å². The highest BCUT2D eigenvalue weighted by atomic mass is 15.2. The van der Waals surface area contributed by atoms with Gasteiger partial charge in [0.1, 0.15) is 5.84 Å². The summed E-state index contributed by atoms with van der Waals surface area (Å²) in [5.74, 6) is 0.518. The topological polar surface area (TPSA) is 42.4 Å². The second-order valence-corrected chi connectivity index (χ2v) is 10.00. The lowest BCUT2D eigenvalue weighted by Gasteiger charge is -2.34. The van der Waals surface area contributed by atoms with Crippen molar-refractivity contribution in [2.75, 3.05) is 20.1 Å². The molecule has 4 heteroatoms. The maximum Gasteiger partial charge on any atom is 0.132 e. The predicted octanol–water partition coefficient (Wildman–Crippen LogP) is 7.68. The molecule has 1 aromatic rings. The smallest absolute Gasteiger partial charge is 0.132 e. The number of amidine groups is 1. The minimum atomic E-state index is 0.518. The van der Waals surface area contributed by atoms with Crippen LogP contribution in [0.2, 0.25) is 0 Å². The van der Waals surface area contributed by atoms with Crippen LogP contribution in [0.1, 0.15) is 83.3 Å². The van der Waals surface area contributed by atoms with Crippen molar-refractivity contribution in [1.82, 2.24) is 15.1 Å². The Bertz CT molecular complexity index is 1020. The molecular formula is C32H46N4. The summed E-state index contributed by atoms with van der Waals surface area (Å²) in [5.41, 5.74) is 8.58. The lowest BCUT2D eigenvalue weighted by atomic mass is 9.97. The van der Waals surface area contributed by atoms with Crippen LogP contribution in [0.15, 0.2) is 83.5 Å². The molecular weight excluding hydrogens is 440 g/mol. The average molecular weight is 487 g/mol. The molecule has 1 aromatic carbocycles. The zero-order valence-corrected chi connectivity index (χ0v) is 23.0. The number of aryl methyl sites for hydroxylation is 1. The molecule has 2 aliphatic rings. The molecule has 3 rings (SSSR count). The number of allylic oxidation sites excluding steroid dienone is 5. The van der Waals surface area contributed by atoms with E-state index in [1.165, 1.54) is 60.9 Å². The summed E-state index contributed by atoms with van der Waals surface area (Å²) >= 11 is 0. The fourth-order valence-electron chi connectivity index (χ4n) is 5.11. The molecule has 1 heterocycles. The van der Waals surface area contributed by atoms with Crippen molar-refractivity contribution in [1.29, 1.82) is 5.41 Å². The first-order valence-electron chi connectivity index (χ1n) is 13.9. The third-order valence-corrected chi connectivity index (χ3v) is 7.43. The lowest BCUT2D eigenvalue weighted by molar-refractivity contribution is 0.285.